The van der Waals surface area contributed by atoms with Crippen molar-refractivity contribution < 1.29 is 37.0 Å². The Labute approximate surface area is 276 Å². The Morgan fingerprint density at radius 1 is 1.10 bits per heavy atom. The molecule has 2 aliphatic rings. The number of piperidine rings is 1. The molecule has 1 saturated heterocycles. The van der Waals surface area contributed by atoms with Gasteiger partial charge in [0.2, 0.25) is 11.8 Å². The van der Waals surface area contributed by atoms with E-state index in [2.05, 4.69) is 22.0 Å². The molecule has 0 aliphatic carbocycles. The number of aryl methyl sites for hydroxylation is 1. The number of carbonyl (C=O) groups excluding carboxylic acids is 2. The minimum Gasteiger partial charge on any atom is -0.493 e. The van der Waals surface area contributed by atoms with Gasteiger partial charge in [-0.2, -0.15) is 4.68 Å². The molecule has 13 heteroatoms. The minimum atomic E-state index is -1.67. The van der Waals surface area contributed by atoms with Crippen molar-refractivity contribution in [2.24, 2.45) is 4.99 Å². The van der Waals surface area contributed by atoms with Crippen molar-refractivity contribution in [1.82, 2.24) is 20.0 Å². The number of fused-ring (bicyclic) bond motifs is 1. The summed E-state index contributed by atoms with van der Waals surface area (Å²) in [5.41, 5.74) is 1.47. The van der Waals surface area contributed by atoms with Gasteiger partial charge in [0.1, 0.15) is 31.0 Å². The van der Waals surface area contributed by atoms with Gasteiger partial charge in [-0.25, -0.2) is 18.0 Å². The van der Waals surface area contributed by atoms with Gasteiger partial charge in [-0.15, -0.1) is 5.10 Å². The molecule has 1 N–H and O–H groups in total. The highest BCUT2D eigenvalue weighted by Crippen LogP contribution is 2.35. The summed E-state index contributed by atoms with van der Waals surface area (Å²) in [5.74, 6) is 0.783. The Kier molecular flexibility index (Phi) is 10.9. The maximum absolute atomic E-state index is 15.2. The Bertz CT molecular complexity index is 1710. The highest BCUT2D eigenvalue weighted by atomic mass is 19.1. The van der Waals surface area contributed by atoms with Crippen LogP contribution in [-0.2, 0) is 17.6 Å². The zero-order valence-electron chi connectivity index (χ0n) is 26.9. The van der Waals surface area contributed by atoms with Gasteiger partial charge >= 0.3 is 6.03 Å². The van der Waals surface area contributed by atoms with Crippen LogP contribution in [0.2, 0.25) is 0 Å². The van der Waals surface area contributed by atoms with Crippen LogP contribution in [0.5, 0.6) is 23.1 Å². The summed E-state index contributed by atoms with van der Waals surface area (Å²) in [7, 11) is 1.60. The number of likely N-dealkylation sites (tertiary alicyclic amines) is 1. The third-order valence-electron chi connectivity index (χ3n) is 8.25. The molecule has 5 rings (SSSR count). The number of aliphatic imine (C=N–C) groups is 1. The molecule has 2 amide bonds. The maximum atomic E-state index is 15.2. The molecule has 2 aromatic carbocycles. The second-order valence-electron chi connectivity index (χ2n) is 11.9. The zero-order valence-corrected chi connectivity index (χ0v) is 26.9. The quantitative estimate of drug-likeness (QED) is 0.234. The van der Waals surface area contributed by atoms with Crippen molar-refractivity contribution in [3.05, 3.63) is 90.0 Å². The van der Waals surface area contributed by atoms with E-state index in [1.54, 1.807) is 30.3 Å². The van der Waals surface area contributed by atoms with E-state index in [-0.39, 0.29) is 23.6 Å². The van der Waals surface area contributed by atoms with Crippen molar-refractivity contribution in [1.29, 1.82) is 0 Å². The Morgan fingerprint density at radius 2 is 1.88 bits per heavy atom. The number of benzene rings is 2. The lowest BCUT2D eigenvalue weighted by atomic mass is 9.95. The van der Waals surface area contributed by atoms with E-state index < -0.39 is 30.7 Å². The van der Waals surface area contributed by atoms with E-state index in [4.69, 9.17) is 14.2 Å². The molecule has 3 aromatic rings. The van der Waals surface area contributed by atoms with Crippen molar-refractivity contribution in [3.63, 3.8) is 0 Å². The monoisotopic (exact) mass is 665 g/mol. The number of amides is 2. The van der Waals surface area contributed by atoms with Gasteiger partial charge in [-0.3, -0.25) is 9.79 Å². The summed E-state index contributed by atoms with van der Waals surface area (Å²) in [6, 6.07) is 8.86. The van der Waals surface area contributed by atoms with Crippen LogP contribution in [0, 0.1) is 5.82 Å². The Morgan fingerprint density at radius 3 is 2.56 bits per heavy atom. The summed E-state index contributed by atoms with van der Waals surface area (Å²) in [4.78, 5) is 30.7. The van der Waals surface area contributed by atoms with Gasteiger partial charge in [0.05, 0.1) is 12.6 Å². The van der Waals surface area contributed by atoms with Crippen molar-refractivity contribution in [2.75, 3.05) is 33.5 Å². The highest BCUT2D eigenvalue weighted by Gasteiger charge is 2.28. The normalized spacial score (nSPS) is 14.9. The number of allylic oxidation sites excluding steroid dienone is 1. The summed E-state index contributed by atoms with van der Waals surface area (Å²) in [6.07, 6.45) is 9.01. The maximum Gasteiger partial charge on any atom is 0.342 e. The molecule has 2 aliphatic heterocycles. The first-order valence-electron chi connectivity index (χ1n) is 15.6. The van der Waals surface area contributed by atoms with E-state index in [0.29, 0.717) is 62.3 Å². The van der Waals surface area contributed by atoms with Crippen LogP contribution in [0.25, 0.3) is 0 Å². The van der Waals surface area contributed by atoms with Crippen LogP contribution in [0.15, 0.2) is 72.5 Å². The average molecular weight is 666 g/mol. The number of hydrogen-bond acceptors (Lipinski definition) is 7. The van der Waals surface area contributed by atoms with Gasteiger partial charge in [0, 0.05) is 61.7 Å². The van der Waals surface area contributed by atoms with Crippen molar-refractivity contribution >= 4 is 17.6 Å². The fourth-order valence-corrected chi connectivity index (χ4v) is 5.45. The fraction of sp³-hybridized carbons (Fsp3) is 0.371. The number of carbonyl (C=O) groups is 2. The van der Waals surface area contributed by atoms with Crippen LogP contribution in [0.1, 0.15) is 42.9 Å². The first kappa shape index (κ1) is 34.3. The van der Waals surface area contributed by atoms with E-state index in [0.717, 1.165) is 21.5 Å². The third-order valence-corrected chi connectivity index (χ3v) is 8.25. The Hall–Kier alpha value is -5.07. The van der Waals surface area contributed by atoms with E-state index in [1.807, 2.05) is 18.2 Å². The summed E-state index contributed by atoms with van der Waals surface area (Å²) in [5, 5.41) is 6.20. The molecule has 0 radical (unpaired) electrons. The van der Waals surface area contributed by atoms with Gasteiger partial charge in [-0.05, 0) is 61.6 Å². The van der Waals surface area contributed by atoms with Crippen LogP contribution < -0.4 is 19.5 Å². The first-order chi connectivity index (χ1) is 23.1. The summed E-state index contributed by atoms with van der Waals surface area (Å²) >= 11 is 0. The van der Waals surface area contributed by atoms with Gasteiger partial charge in [-0.1, -0.05) is 18.7 Å². The molecule has 48 heavy (non-hydrogen) atoms. The molecular formula is C35H38F3N5O5. The third kappa shape index (κ3) is 8.07. The number of nitrogens with zero attached hydrogens (tertiary/aromatic N) is 4. The lowest BCUT2D eigenvalue weighted by Crippen LogP contribution is -2.51. The molecule has 1 fully saturated rings. The number of methoxy groups -OCH3 is 1. The molecule has 0 bridgehead atoms. The van der Waals surface area contributed by atoms with Crippen LogP contribution >= 0.6 is 0 Å². The van der Waals surface area contributed by atoms with Crippen LogP contribution in [-0.4, -0.2) is 77.5 Å². The lowest BCUT2D eigenvalue weighted by Gasteiger charge is -2.32. The van der Waals surface area contributed by atoms with Crippen LogP contribution in [0.4, 0.5) is 18.0 Å². The number of rotatable bonds is 12. The number of ether oxygens (including phenoxy) is 3. The predicted molar refractivity (Wildman–Crippen MR) is 174 cm³/mol. The standard InChI is InChI=1S/C35H38F3N5O5/c1-4-33(44)42-15-11-25(12-16-42)47-31-20-27-24(18-30(31)46-3)6-5-14-39-29(27)10-8-23-7-9-26(19-28(23)38)48-32-13-17-43(41-32)34(45)40-35(2,21-36)22-37/h4-5,7,9,13-14,17-20,25H,1,6,8,10-12,15-16,21-22H2,2-3H3,(H,40,45). The number of alkyl halides is 2. The molecule has 1 aromatic heterocycles. The fourth-order valence-electron chi connectivity index (χ4n) is 5.45. The molecule has 0 atom stereocenters. The molecule has 254 valence electrons. The molecule has 0 saturated carbocycles. The Balaban J connectivity index is 1.24. The summed E-state index contributed by atoms with van der Waals surface area (Å²) in [6.45, 7) is 3.78. The second-order valence-corrected chi connectivity index (χ2v) is 11.9. The van der Waals surface area contributed by atoms with E-state index in [1.165, 1.54) is 31.3 Å². The molecular weight excluding hydrogens is 627 g/mol. The van der Waals surface area contributed by atoms with Gasteiger partial charge in [0.15, 0.2) is 11.5 Å². The van der Waals surface area contributed by atoms with Gasteiger partial charge < -0.3 is 24.4 Å². The molecule has 0 unspecified atom stereocenters. The SMILES string of the molecule is C=CC(=O)N1CCC(Oc2cc3c(cc2OC)CC=CN=C3CCc2ccc(Oc3ccn(C(=O)NC(C)(CF)CF)n3)cc2F)CC1. The van der Waals surface area contributed by atoms with Crippen LogP contribution in [0.3, 0.4) is 0 Å². The zero-order chi connectivity index (χ0) is 34.3. The predicted octanol–water partition coefficient (Wildman–Crippen LogP) is 6.13. The number of halogens is 3. The average Bonchev–Trinajstić information content (AvgIpc) is 3.48. The second kappa shape index (κ2) is 15.2. The number of nitrogens with one attached hydrogen (secondary N) is 1. The summed E-state index contributed by atoms with van der Waals surface area (Å²) < 4.78 is 60.0. The molecule has 3 heterocycles. The largest absolute Gasteiger partial charge is 0.493 e. The number of hydrogen-bond donors (Lipinski definition) is 1. The van der Waals surface area contributed by atoms with Crippen molar-refractivity contribution in [2.45, 2.75) is 50.7 Å². The first-order valence-corrected chi connectivity index (χ1v) is 15.6. The van der Waals surface area contributed by atoms with Gasteiger partial charge in [0.25, 0.3) is 0 Å². The topological polar surface area (TPSA) is 107 Å². The number of aromatic nitrogens is 2. The van der Waals surface area contributed by atoms with Crippen molar-refractivity contribution in [3.8, 4) is 23.1 Å². The molecule has 0 spiro atoms. The smallest absolute Gasteiger partial charge is 0.342 e. The highest BCUT2D eigenvalue weighted by molar-refractivity contribution is 6.03. The van der Waals surface area contributed by atoms with E-state index >= 15 is 4.39 Å². The minimum absolute atomic E-state index is 0.0000352. The lowest BCUT2D eigenvalue weighted by molar-refractivity contribution is -0.127. The van der Waals surface area contributed by atoms with E-state index in [9.17, 15) is 18.4 Å². The molecule has 10 nitrogen and oxygen atoms in total.